The van der Waals surface area contributed by atoms with E-state index in [9.17, 15) is 4.79 Å². The summed E-state index contributed by atoms with van der Waals surface area (Å²) >= 11 is 0. The summed E-state index contributed by atoms with van der Waals surface area (Å²) < 4.78 is 0. The number of carbonyl (C=O) groups is 1. The van der Waals surface area contributed by atoms with Crippen LogP contribution in [0.25, 0.3) is 0 Å². The van der Waals surface area contributed by atoms with E-state index in [0.29, 0.717) is 12.5 Å². The van der Waals surface area contributed by atoms with Crippen molar-refractivity contribution in [3.8, 4) is 0 Å². The molecule has 1 unspecified atom stereocenters. The molecule has 0 aliphatic heterocycles. The van der Waals surface area contributed by atoms with E-state index in [1.807, 2.05) is 13.8 Å². The van der Waals surface area contributed by atoms with Gasteiger partial charge in [-0.3, -0.25) is 4.79 Å². The van der Waals surface area contributed by atoms with Gasteiger partial charge < -0.3 is 16.2 Å². The number of carbonyl (C=O) groups excluding carboxylic acids is 1. The molecule has 0 radical (unpaired) electrons. The van der Waals surface area contributed by atoms with E-state index < -0.39 is 11.9 Å². The van der Waals surface area contributed by atoms with Crippen molar-refractivity contribution in [3.63, 3.8) is 0 Å². The molecule has 0 aliphatic rings. The molecule has 0 bridgehead atoms. The maximum Gasteiger partial charge on any atom is 0.236 e. The van der Waals surface area contributed by atoms with Gasteiger partial charge in [-0.1, -0.05) is 13.8 Å². The first-order chi connectivity index (χ1) is 5.07. The first kappa shape index (κ1) is 10.4. The third-order valence-corrected chi connectivity index (χ3v) is 1.30. The smallest absolute Gasteiger partial charge is 0.236 e. The molecule has 0 aromatic rings. The Hall–Kier alpha value is -0.610. The molecule has 0 fully saturated rings. The van der Waals surface area contributed by atoms with E-state index in [1.54, 1.807) is 0 Å². The van der Waals surface area contributed by atoms with Gasteiger partial charge in [0.25, 0.3) is 0 Å². The molecule has 1 atom stereocenters. The Balaban J connectivity index is 3.61. The van der Waals surface area contributed by atoms with Crippen LogP contribution in [0.2, 0.25) is 0 Å². The summed E-state index contributed by atoms with van der Waals surface area (Å²) in [5.41, 5.74) is 4.97. The summed E-state index contributed by atoms with van der Waals surface area (Å²) in [6, 6.07) is -0.600. The van der Waals surface area contributed by atoms with Crippen molar-refractivity contribution in [1.82, 2.24) is 5.32 Å². The first-order valence-electron chi connectivity index (χ1n) is 3.71. The third kappa shape index (κ3) is 4.75. The topological polar surface area (TPSA) is 75.3 Å². The van der Waals surface area contributed by atoms with E-state index in [-0.39, 0.29) is 6.61 Å². The van der Waals surface area contributed by atoms with Gasteiger partial charge in [0.05, 0.1) is 6.61 Å². The zero-order valence-electron chi connectivity index (χ0n) is 7.00. The van der Waals surface area contributed by atoms with E-state index in [2.05, 4.69) is 5.32 Å². The summed E-state index contributed by atoms with van der Waals surface area (Å²) in [7, 11) is 0. The Kier molecular flexibility index (Phi) is 4.81. The van der Waals surface area contributed by atoms with Crippen LogP contribution < -0.4 is 11.1 Å². The quantitative estimate of drug-likeness (QED) is 0.487. The van der Waals surface area contributed by atoms with Gasteiger partial charge in [-0.05, 0) is 12.5 Å². The highest BCUT2D eigenvalue weighted by Crippen LogP contribution is 1.89. The molecule has 0 aromatic carbocycles. The van der Waals surface area contributed by atoms with Gasteiger partial charge in [-0.25, -0.2) is 0 Å². The van der Waals surface area contributed by atoms with Crippen LogP contribution in [0.4, 0.5) is 0 Å². The average molecular weight is 160 g/mol. The van der Waals surface area contributed by atoms with Gasteiger partial charge in [0, 0.05) is 0 Å². The highest BCUT2D eigenvalue weighted by molar-refractivity contribution is 5.79. The molecule has 11 heavy (non-hydrogen) atoms. The first-order valence-corrected chi connectivity index (χ1v) is 3.71. The second-order valence-corrected chi connectivity index (χ2v) is 2.94. The van der Waals surface area contributed by atoms with Gasteiger partial charge in [-0.15, -0.1) is 0 Å². The van der Waals surface area contributed by atoms with Crippen LogP contribution in [-0.2, 0) is 4.79 Å². The monoisotopic (exact) mass is 160 g/mol. The molecule has 4 heteroatoms. The second-order valence-electron chi connectivity index (χ2n) is 2.94. The summed E-state index contributed by atoms with van der Waals surface area (Å²) in [5.74, 6) is -0.0587. The molecule has 66 valence electrons. The zero-order valence-corrected chi connectivity index (χ0v) is 7.00. The van der Waals surface area contributed by atoms with Crippen LogP contribution in [0.15, 0.2) is 0 Å². The van der Waals surface area contributed by atoms with Crippen molar-refractivity contribution in [3.05, 3.63) is 0 Å². The minimum absolute atomic E-state index is 0.234. The Morgan fingerprint density at radius 2 is 2.18 bits per heavy atom. The van der Waals surface area contributed by atoms with Gasteiger partial charge in [-0.2, -0.15) is 0 Å². The number of amides is 1. The largest absolute Gasteiger partial charge is 0.394 e. The second kappa shape index (κ2) is 5.09. The van der Waals surface area contributed by atoms with Crippen molar-refractivity contribution in [2.24, 2.45) is 11.7 Å². The molecular weight excluding hydrogens is 144 g/mol. The van der Waals surface area contributed by atoms with E-state index in [1.165, 1.54) is 0 Å². The number of aliphatic hydroxyl groups excluding tert-OH is 1. The standard InChI is InChI=1S/C7H16N2O2/c1-5(2)3-9-6(4-10)7(8)11/h5-6,9-10H,3-4H2,1-2H3,(H2,8,11). The van der Waals surface area contributed by atoms with Gasteiger partial charge in [0.15, 0.2) is 0 Å². The fourth-order valence-electron chi connectivity index (χ4n) is 0.633. The molecule has 0 spiro atoms. The van der Waals surface area contributed by atoms with E-state index >= 15 is 0 Å². The van der Waals surface area contributed by atoms with Crippen LogP contribution in [0, 0.1) is 5.92 Å². The number of nitrogens with one attached hydrogen (secondary N) is 1. The molecule has 0 saturated heterocycles. The maximum absolute atomic E-state index is 10.5. The number of hydrogen-bond donors (Lipinski definition) is 3. The highest BCUT2D eigenvalue weighted by Gasteiger charge is 2.12. The number of aliphatic hydroxyl groups is 1. The highest BCUT2D eigenvalue weighted by atomic mass is 16.3. The molecule has 4 N–H and O–H groups in total. The van der Waals surface area contributed by atoms with Crippen molar-refractivity contribution in [2.45, 2.75) is 19.9 Å². The van der Waals surface area contributed by atoms with E-state index in [0.717, 1.165) is 0 Å². The van der Waals surface area contributed by atoms with Gasteiger partial charge >= 0.3 is 0 Å². The molecular formula is C7H16N2O2. The van der Waals surface area contributed by atoms with Crippen LogP contribution >= 0.6 is 0 Å². The fraction of sp³-hybridized carbons (Fsp3) is 0.857. The SMILES string of the molecule is CC(C)CNC(CO)C(N)=O. The minimum atomic E-state index is -0.600. The lowest BCUT2D eigenvalue weighted by Crippen LogP contribution is -2.45. The summed E-state index contributed by atoms with van der Waals surface area (Å²) in [6.45, 7) is 4.49. The van der Waals surface area contributed by atoms with Crippen LogP contribution in [-0.4, -0.2) is 30.2 Å². The Labute approximate surface area is 66.8 Å². The molecule has 4 nitrogen and oxygen atoms in total. The molecule has 0 saturated carbocycles. The maximum atomic E-state index is 10.5. The van der Waals surface area contributed by atoms with Crippen molar-refractivity contribution < 1.29 is 9.90 Å². The lowest BCUT2D eigenvalue weighted by Gasteiger charge is -2.13. The number of hydrogen-bond acceptors (Lipinski definition) is 3. The van der Waals surface area contributed by atoms with Gasteiger partial charge in [0.1, 0.15) is 6.04 Å². The van der Waals surface area contributed by atoms with Crippen molar-refractivity contribution in [1.29, 1.82) is 0 Å². The minimum Gasteiger partial charge on any atom is -0.394 e. The molecule has 0 rings (SSSR count). The van der Waals surface area contributed by atoms with E-state index in [4.69, 9.17) is 10.8 Å². The molecule has 0 aromatic heterocycles. The predicted molar refractivity (Wildman–Crippen MR) is 42.9 cm³/mol. The Morgan fingerprint density at radius 1 is 1.64 bits per heavy atom. The van der Waals surface area contributed by atoms with Gasteiger partial charge in [0.2, 0.25) is 5.91 Å². The van der Waals surface area contributed by atoms with Crippen molar-refractivity contribution in [2.75, 3.05) is 13.2 Å². The lowest BCUT2D eigenvalue weighted by molar-refractivity contribution is -0.120. The van der Waals surface area contributed by atoms with Crippen LogP contribution in [0.5, 0.6) is 0 Å². The lowest BCUT2D eigenvalue weighted by atomic mass is 10.2. The Morgan fingerprint density at radius 3 is 2.45 bits per heavy atom. The zero-order chi connectivity index (χ0) is 8.85. The Bertz CT molecular complexity index is 126. The summed E-state index contributed by atoms with van der Waals surface area (Å²) in [4.78, 5) is 10.5. The van der Waals surface area contributed by atoms with Crippen LogP contribution in [0.1, 0.15) is 13.8 Å². The van der Waals surface area contributed by atoms with Crippen molar-refractivity contribution >= 4 is 5.91 Å². The summed E-state index contributed by atoms with van der Waals surface area (Å²) in [6.07, 6.45) is 0. The number of nitrogens with two attached hydrogens (primary N) is 1. The normalized spacial score (nSPS) is 13.5. The predicted octanol–water partition coefficient (Wildman–Crippen LogP) is -0.922. The third-order valence-electron chi connectivity index (χ3n) is 1.30. The summed E-state index contributed by atoms with van der Waals surface area (Å²) in [5, 5.41) is 11.5. The molecule has 1 amide bonds. The fourth-order valence-corrected chi connectivity index (χ4v) is 0.633. The molecule has 0 aliphatic carbocycles. The van der Waals surface area contributed by atoms with Crippen LogP contribution in [0.3, 0.4) is 0 Å². The average Bonchev–Trinajstić information content (AvgIpc) is 1.87. The number of primary amides is 1. The molecule has 0 heterocycles. The number of rotatable bonds is 5.